The Labute approximate surface area is 177 Å². The summed E-state index contributed by atoms with van der Waals surface area (Å²) in [5, 5.41) is 8.46. The zero-order valence-electron chi connectivity index (χ0n) is 16.6. The van der Waals surface area contributed by atoms with Crippen molar-refractivity contribution in [3.05, 3.63) is 60.7 Å². The molecule has 152 valence electrons. The Morgan fingerprint density at radius 2 is 2.00 bits per heavy atom. The summed E-state index contributed by atoms with van der Waals surface area (Å²) in [6.07, 6.45) is 10.8. The van der Waals surface area contributed by atoms with E-state index in [4.69, 9.17) is 10.7 Å². The van der Waals surface area contributed by atoms with Crippen molar-refractivity contribution in [1.29, 1.82) is 0 Å². The van der Waals surface area contributed by atoms with Crippen molar-refractivity contribution in [3.8, 4) is 11.4 Å². The molecule has 0 saturated heterocycles. The molecule has 9 nitrogen and oxygen atoms in total. The van der Waals surface area contributed by atoms with Crippen LogP contribution in [0.2, 0.25) is 0 Å². The topological polar surface area (TPSA) is 120 Å². The van der Waals surface area contributed by atoms with Crippen molar-refractivity contribution >= 4 is 34.1 Å². The molecule has 0 amide bonds. The maximum Gasteiger partial charge on any atom is 0.248 e. The lowest BCUT2D eigenvalue weighted by Crippen LogP contribution is -2.11. The van der Waals surface area contributed by atoms with Gasteiger partial charge in [-0.2, -0.15) is 4.98 Å². The van der Waals surface area contributed by atoms with Crippen LogP contribution in [-0.2, 0) is 0 Å². The standard InChI is InChI=1S/C22H19N9/c23-20-19-15(13-4-3-5-13)11-24-12-16(19)26-21(29-20)14-7-8-25-17(10-14)27-22-28-18-6-1-2-9-31(18)30-22/h1-2,6-13H,3-5H2,(H2,23,26,29)(H,25,27,30). The number of hydrogen-bond acceptors (Lipinski definition) is 8. The molecule has 1 saturated carbocycles. The first-order valence-corrected chi connectivity index (χ1v) is 10.2. The van der Waals surface area contributed by atoms with E-state index in [0.717, 1.165) is 27.7 Å². The SMILES string of the molecule is Nc1nc(-c2ccnc(Nc3nc4ccccn4n3)c2)nc2cncc(C3CCC3)c12. The van der Waals surface area contributed by atoms with Gasteiger partial charge in [-0.3, -0.25) is 4.98 Å². The Bertz CT molecular complexity index is 1390. The second-order valence-electron chi connectivity index (χ2n) is 7.68. The van der Waals surface area contributed by atoms with Crippen LogP contribution in [0.3, 0.4) is 0 Å². The van der Waals surface area contributed by atoms with Crippen molar-refractivity contribution in [2.45, 2.75) is 25.2 Å². The molecule has 5 heterocycles. The van der Waals surface area contributed by atoms with Gasteiger partial charge >= 0.3 is 0 Å². The van der Waals surface area contributed by atoms with Crippen LogP contribution in [0.1, 0.15) is 30.7 Å². The molecule has 0 radical (unpaired) electrons. The Kier molecular flexibility index (Phi) is 3.98. The summed E-state index contributed by atoms with van der Waals surface area (Å²) in [6.45, 7) is 0. The van der Waals surface area contributed by atoms with E-state index < -0.39 is 0 Å². The van der Waals surface area contributed by atoms with Gasteiger partial charge in [0.25, 0.3) is 0 Å². The summed E-state index contributed by atoms with van der Waals surface area (Å²) in [4.78, 5) is 22.6. The molecule has 9 heteroatoms. The van der Waals surface area contributed by atoms with Crippen LogP contribution < -0.4 is 11.1 Å². The molecule has 0 unspecified atom stereocenters. The smallest absolute Gasteiger partial charge is 0.248 e. The highest BCUT2D eigenvalue weighted by Crippen LogP contribution is 2.40. The summed E-state index contributed by atoms with van der Waals surface area (Å²) < 4.78 is 1.70. The molecule has 0 spiro atoms. The number of nitrogens with zero attached hydrogens (tertiary/aromatic N) is 7. The summed E-state index contributed by atoms with van der Waals surface area (Å²) in [5.41, 5.74) is 9.85. The molecule has 1 aliphatic carbocycles. The average molecular weight is 409 g/mol. The first-order valence-electron chi connectivity index (χ1n) is 10.2. The zero-order valence-corrected chi connectivity index (χ0v) is 16.6. The molecular formula is C22H19N9. The molecule has 0 bridgehead atoms. The summed E-state index contributed by atoms with van der Waals surface area (Å²) in [6, 6.07) is 9.41. The van der Waals surface area contributed by atoms with Gasteiger partial charge in [0.1, 0.15) is 11.6 Å². The molecule has 5 aromatic heterocycles. The summed E-state index contributed by atoms with van der Waals surface area (Å²) in [7, 11) is 0. The van der Waals surface area contributed by atoms with Crippen LogP contribution in [-0.4, -0.2) is 34.5 Å². The largest absolute Gasteiger partial charge is 0.383 e. The van der Waals surface area contributed by atoms with E-state index >= 15 is 0 Å². The number of aromatic nitrogens is 7. The van der Waals surface area contributed by atoms with E-state index in [-0.39, 0.29) is 0 Å². The van der Waals surface area contributed by atoms with Crippen LogP contribution >= 0.6 is 0 Å². The maximum absolute atomic E-state index is 6.38. The lowest BCUT2D eigenvalue weighted by molar-refractivity contribution is 0.421. The van der Waals surface area contributed by atoms with Gasteiger partial charge in [0.2, 0.25) is 5.95 Å². The molecule has 0 aliphatic heterocycles. The molecule has 31 heavy (non-hydrogen) atoms. The molecular weight excluding hydrogens is 390 g/mol. The predicted molar refractivity (Wildman–Crippen MR) is 118 cm³/mol. The lowest BCUT2D eigenvalue weighted by Gasteiger charge is -2.26. The fraction of sp³-hybridized carbons (Fsp3) is 0.182. The van der Waals surface area contributed by atoms with Gasteiger partial charge in [-0.05, 0) is 48.6 Å². The van der Waals surface area contributed by atoms with Gasteiger partial charge in [-0.15, -0.1) is 5.10 Å². The normalized spacial score (nSPS) is 14.1. The molecule has 1 aliphatic rings. The second-order valence-corrected chi connectivity index (χ2v) is 7.68. The van der Waals surface area contributed by atoms with Crippen LogP contribution in [0.15, 0.2) is 55.1 Å². The number of anilines is 3. The van der Waals surface area contributed by atoms with E-state index in [1.807, 2.05) is 42.7 Å². The second kappa shape index (κ2) is 6.98. The number of nitrogens with one attached hydrogen (secondary N) is 1. The molecule has 0 aromatic carbocycles. The minimum atomic E-state index is 0.462. The number of hydrogen-bond donors (Lipinski definition) is 2. The number of pyridine rings is 3. The van der Waals surface area contributed by atoms with Gasteiger partial charge in [-0.25, -0.2) is 19.5 Å². The molecule has 1 fully saturated rings. The Morgan fingerprint density at radius 3 is 2.84 bits per heavy atom. The highest BCUT2D eigenvalue weighted by atomic mass is 15.3. The molecule has 0 atom stereocenters. The van der Waals surface area contributed by atoms with Gasteiger partial charge in [-0.1, -0.05) is 12.5 Å². The van der Waals surface area contributed by atoms with Gasteiger partial charge in [0.15, 0.2) is 11.5 Å². The molecule has 5 aromatic rings. The van der Waals surface area contributed by atoms with Crippen LogP contribution in [0.5, 0.6) is 0 Å². The van der Waals surface area contributed by atoms with Gasteiger partial charge in [0.05, 0.1) is 11.7 Å². The molecule has 3 N–H and O–H groups in total. The first kappa shape index (κ1) is 17.7. The summed E-state index contributed by atoms with van der Waals surface area (Å²) >= 11 is 0. The van der Waals surface area contributed by atoms with Crippen molar-refractivity contribution in [1.82, 2.24) is 34.5 Å². The zero-order chi connectivity index (χ0) is 20.8. The lowest BCUT2D eigenvalue weighted by atomic mass is 9.79. The molecule has 6 rings (SSSR count). The van der Waals surface area contributed by atoms with E-state index in [2.05, 4.69) is 30.4 Å². The minimum Gasteiger partial charge on any atom is -0.383 e. The van der Waals surface area contributed by atoms with Crippen molar-refractivity contribution < 1.29 is 0 Å². The fourth-order valence-electron chi connectivity index (χ4n) is 3.93. The Hall–Kier alpha value is -4.14. The third-order valence-corrected chi connectivity index (χ3v) is 5.71. The van der Waals surface area contributed by atoms with Crippen LogP contribution in [0, 0.1) is 0 Å². The predicted octanol–water partition coefficient (Wildman–Crippen LogP) is 3.72. The number of fused-ring (bicyclic) bond motifs is 2. The fourth-order valence-corrected chi connectivity index (χ4v) is 3.93. The monoisotopic (exact) mass is 409 g/mol. The van der Waals surface area contributed by atoms with E-state index in [0.29, 0.717) is 29.3 Å². The van der Waals surface area contributed by atoms with E-state index in [9.17, 15) is 0 Å². The Balaban J connectivity index is 1.36. The average Bonchev–Trinajstić information content (AvgIpc) is 3.15. The van der Waals surface area contributed by atoms with E-state index in [1.165, 1.54) is 19.3 Å². The van der Waals surface area contributed by atoms with E-state index in [1.54, 1.807) is 16.9 Å². The minimum absolute atomic E-state index is 0.462. The van der Waals surface area contributed by atoms with Crippen LogP contribution in [0.4, 0.5) is 17.6 Å². The number of rotatable bonds is 4. The summed E-state index contributed by atoms with van der Waals surface area (Å²) in [5.74, 6) is 2.58. The first-order chi connectivity index (χ1) is 15.2. The quantitative estimate of drug-likeness (QED) is 0.461. The number of nitrogens with two attached hydrogens (primary N) is 1. The number of nitrogen functional groups attached to an aromatic ring is 1. The van der Waals surface area contributed by atoms with Crippen LogP contribution in [0.25, 0.3) is 27.9 Å². The highest BCUT2D eigenvalue weighted by Gasteiger charge is 2.24. The highest BCUT2D eigenvalue weighted by molar-refractivity contribution is 5.92. The third-order valence-electron chi connectivity index (χ3n) is 5.71. The Morgan fingerprint density at radius 1 is 1.06 bits per heavy atom. The van der Waals surface area contributed by atoms with Crippen molar-refractivity contribution in [3.63, 3.8) is 0 Å². The van der Waals surface area contributed by atoms with Crippen molar-refractivity contribution in [2.24, 2.45) is 0 Å². The van der Waals surface area contributed by atoms with Gasteiger partial charge in [0, 0.05) is 29.5 Å². The van der Waals surface area contributed by atoms with Crippen molar-refractivity contribution in [2.75, 3.05) is 11.1 Å². The van der Waals surface area contributed by atoms with Gasteiger partial charge < -0.3 is 11.1 Å². The maximum atomic E-state index is 6.38. The third kappa shape index (κ3) is 3.10.